The highest BCUT2D eigenvalue weighted by Crippen LogP contribution is 2.28. The number of aryl methyl sites for hydroxylation is 1. The van der Waals surface area contributed by atoms with Crippen LogP contribution in [0.2, 0.25) is 0 Å². The molecule has 0 saturated carbocycles. The molecule has 1 heterocycles. The average Bonchev–Trinajstić information content (AvgIpc) is 2.81. The Morgan fingerprint density at radius 1 is 1.33 bits per heavy atom. The first-order chi connectivity index (χ1) is 9.98. The Bertz CT molecular complexity index is 589. The Morgan fingerprint density at radius 3 is 2.71 bits per heavy atom. The molecule has 0 bridgehead atoms. The molecule has 0 aliphatic carbocycles. The normalized spacial score (nSPS) is 13.8. The third-order valence-electron chi connectivity index (χ3n) is 4.15. The summed E-state index contributed by atoms with van der Waals surface area (Å²) in [4.78, 5) is 0. The van der Waals surface area contributed by atoms with Gasteiger partial charge in [0.05, 0.1) is 22.9 Å². The molecule has 1 unspecified atom stereocenters. The van der Waals surface area contributed by atoms with E-state index < -0.39 is 0 Å². The maximum absolute atomic E-state index is 5.54. The number of nitrogens with zero attached hydrogens (tertiary/aromatic N) is 2. The first-order valence-corrected chi connectivity index (χ1v) is 7.68. The molecule has 116 valence electrons. The van der Waals surface area contributed by atoms with Gasteiger partial charge < -0.3 is 10.1 Å². The summed E-state index contributed by atoms with van der Waals surface area (Å²) in [6.07, 6.45) is 2.00. The lowest BCUT2D eigenvalue weighted by Crippen LogP contribution is -2.27. The fourth-order valence-electron chi connectivity index (χ4n) is 2.68. The van der Waals surface area contributed by atoms with Crippen molar-refractivity contribution < 1.29 is 4.74 Å². The van der Waals surface area contributed by atoms with Crippen molar-refractivity contribution in [3.8, 4) is 0 Å². The standard InChI is InChI=1S/C17H27N3O/c1-6-18-14(11-12-17(2,3)21-5)16-13-9-7-8-10-15(13)20(4)19-16/h7-10,14,18H,6,11-12H2,1-5H3. The molecule has 2 rings (SSSR count). The Hall–Kier alpha value is -1.39. The highest BCUT2D eigenvalue weighted by molar-refractivity contribution is 5.82. The number of nitrogens with one attached hydrogen (secondary N) is 1. The summed E-state index contributed by atoms with van der Waals surface area (Å²) in [7, 11) is 3.78. The first-order valence-electron chi connectivity index (χ1n) is 7.68. The summed E-state index contributed by atoms with van der Waals surface area (Å²) in [5, 5.41) is 9.56. The van der Waals surface area contributed by atoms with Gasteiger partial charge in [-0.1, -0.05) is 25.1 Å². The highest BCUT2D eigenvalue weighted by Gasteiger charge is 2.23. The fourth-order valence-corrected chi connectivity index (χ4v) is 2.68. The summed E-state index contributed by atoms with van der Waals surface area (Å²) in [5.74, 6) is 0. The van der Waals surface area contributed by atoms with E-state index >= 15 is 0 Å². The van der Waals surface area contributed by atoms with Crippen molar-refractivity contribution in [1.29, 1.82) is 0 Å². The smallest absolute Gasteiger partial charge is 0.0872 e. The van der Waals surface area contributed by atoms with Crippen molar-refractivity contribution in [2.75, 3.05) is 13.7 Å². The summed E-state index contributed by atoms with van der Waals surface area (Å²) >= 11 is 0. The minimum absolute atomic E-state index is 0.0990. The molecule has 4 nitrogen and oxygen atoms in total. The third kappa shape index (κ3) is 3.63. The molecule has 0 spiro atoms. The van der Waals surface area contributed by atoms with E-state index in [1.165, 1.54) is 10.9 Å². The molecule has 0 saturated heterocycles. The molecule has 1 N–H and O–H groups in total. The molecule has 1 aromatic carbocycles. The van der Waals surface area contributed by atoms with Crippen LogP contribution in [0, 0.1) is 0 Å². The Morgan fingerprint density at radius 2 is 2.05 bits per heavy atom. The number of methoxy groups -OCH3 is 1. The SMILES string of the molecule is CCNC(CCC(C)(C)OC)c1nn(C)c2ccccc12. The van der Waals surface area contributed by atoms with Crippen molar-refractivity contribution in [1.82, 2.24) is 15.1 Å². The van der Waals surface area contributed by atoms with Crippen LogP contribution in [0.1, 0.15) is 45.3 Å². The summed E-state index contributed by atoms with van der Waals surface area (Å²) < 4.78 is 7.51. The maximum atomic E-state index is 5.54. The number of hydrogen-bond donors (Lipinski definition) is 1. The number of ether oxygens (including phenoxy) is 1. The number of aromatic nitrogens is 2. The summed E-state index contributed by atoms with van der Waals surface area (Å²) in [5.41, 5.74) is 2.22. The average molecular weight is 289 g/mol. The monoisotopic (exact) mass is 289 g/mol. The molecule has 0 aliphatic heterocycles. The quantitative estimate of drug-likeness (QED) is 0.849. The first kappa shape index (κ1) is 16.0. The van der Waals surface area contributed by atoms with Gasteiger partial charge in [0.1, 0.15) is 0 Å². The second-order valence-corrected chi connectivity index (χ2v) is 6.14. The zero-order chi connectivity index (χ0) is 15.5. The van der Waals surface area contributed by atoms with Crippen LogP contribution in [0.4, 0.5) is 0 Å². The van der Waals surface area contributed by atoms with Crippen LogP contribution < -0.4 is 5.32 Å². The van der Waals surface area contributed by atoms with Crippen molar-refractivity contribution in [3.05, 3.63) is 30.0 Å². The molecular formula is C17H27N3O. The van der Waals surface area contributed by atoms with Gasteiger partial charge >= 0.3 is 0 Å². The van der Waals surface area contributed by atoms with Gasteiger partial charge in [0.2, 0.25) is 0 Å². The molecular weight excluding hydrogens is 262 g/mol. The van der Waals surface area contributed by atoms with E-state index in [1.54, 1.807) is 7.11 Å². The van der Waals surface area contributed by atoms with Gasteiger partial charge in [0, 0.05) is 19.5 Å². The minimum atomic E-state index is -0.0990. The maximum Gasteiger partial charge on any atom is 0.0872 e. The van der Waals surface area contributed by atoms with E-state index in [1.807, 2.05) is 11.7 Å². The highest BCUT2D eigenvalue weighted by atomic mass is 16.5. The summed E-state index contributed by atoms with van der Waals surface area (Å²) in [6.45, 7) is 7.33. The Balaban J connectivity index is 2.28. The fraction of sp³-hybridized carbons (Fsp3) is 0.588. The predicted molar refractivity (Wildman–Crippen MR) is 87.5 cm³/mol. The third-order valence-corrected chi connectivity index (χ3v) is 4.15. The molecule has 4 heteroatoms. The van der Waals surface area contributed by atoms with Crippen LogP contribution in [0.3, 0.4) is 0 Å². The van der Waals surface area contributed by atoms with E-state index in [0.29, 0.717) is 0 Å². The Kier molecular flexibility index (Phi) is 5.01. The molecule has 2 aromatic rings. The molecule has 21 heavy (non-hydrogen) atoms. The van der Waals surface area contributed by atoms with Crippen molar-refractivity contribution in [2.24, 2.45) is 7.05 Å². The van der Waals surface area contributed by atoms with E-state index in [0.717, 1.165) is 25.1 Å². The van der Waals surface area contributed by atoms with Crippen molar-refractivity contribution in [3.63, 3.8) is 0 Å². The van der Waals surface area contributed by atoms with Crippen LogP contribution in [-0.2, 0) is 11.8 Å². The van der Waals surface area contributed by atoms with E-state index in [4.69, 9.17) is 9.84 Å². The lowest BCUT2D eigenvalue weighted by Gasteiger charge is -2.25. The predicted octanol–water partition coefficient (Wildman–Crippen LogP) is 3.43. The number of fused-ring (bicyclic) bond motifs is 1. The number of benzene rings is 1. The number of hydrogen-bond acceptors (Lipinski definition) is 3. The van der Waals surface area contributed by atoms with Crippen LogP contribution >= 0.6 is 0 Å². The number of para-hydroxylation sites is 1. The van der Waals surface area contributed by atoms with E-state index in [-0.39, 0.29) is 11.6 Å². The van der Waals surface area contributed by atoms with E-state index in [2.05, 4.69) is 50.4 Å². The molecule has 0 amide bonds. The van der Waals surface area contributed by atoms with Gasteiger partial charge in [0.25, 0.3) is 0 Å². The zero-order valence-corrected chi connectivity index (χ0v) is 13.8. The van der Waals surface area contributed by atoms with Crippen molar-refractivity contribution in [2.45, 2.75) is 45.3 Å². The zero-order valence-electron chi connectivity index (χ0n) is 13.8. The van der Waals surface area contributed by atoms with Gasteiger partial charge in [-0.05, 0) is 39.3 Å². The van der Waals surface area contributed by atoms with Crippen LogP contribution in [0.15, 0.2) is 24.3 Å². The number of rotatable bonds is 7. The van der Waals surface area contributed by atoms with Crippen molar-refractivity contribution >= 4 is 10.9 Å². The lowest BCUT2D eigenvalue weighted by molar-refractivity contribution is 0.0116. The second-order valence-electron chi connectivity index (χ2n) is 6.14. The Labute approximate surface area is 127 Å². The minimum Gasteiger partial charge on any atom is -0.379 e. The summed E-state index contributed by atoms with van der Waals surface area (Å²) in [6, 6.07) is 8.67. The topological polar surface area (TPSA) is 39.1 Å². The molecule has 0 fully saturated rings. The largest absolute Gasteiger partial charge is 0.379 e. The van der Waals surface area contributed by atoms with Crippen LogP contribution in [-0.4, -0.2) is 29.0 Å². The molecule has 1 atom stereocenters. The molecule has 1 aromatic heterocycles. The van der Waals surface area contributed by atoms with Gasteiger partial charge in [-0.3, -0.25) is 4.68 Å². The van der Waals surface area contributed by atoms with Gasteiger partial charge in [-0.2, -0.15) is 5.10 Å². The van der Waals surface area contributed by atoms with Crippen LogP contribution in [0.5, 0.6) is 0 Å². The molecule has 0 radical (unpaired) electrons. The van der Waals surface area contributed by atoms with Gasteiger partial charge in [-0.15, -0.1) is 0 Å². The van der Waals surface area contributed by atoms with Crippen LogP contribution in [0.25, 0.3) is 10.9 Å². The second kappa shape index (κ2) is 6.58. The van der Waals surface area contributed by atoms with Gasteiger partial charge in [-0.25, -0.2) is 0 Å². The molecule has 0 aliphatic rings. The lowest BCUT2D eigenvalue weighted by atomic mass is 9.96. The van der Waals surface area contributed by atoms with E-state index in [9.17, 15) is 0 Å². The van der Waals surface area contributed by atoms with Gasteiger partial charge in [0.15, 0.2) is 0 Å².